The zero-order valence-corrected chi connectivity index (χ0v) is 11.9. The quantitative estimate of drug-likeness (QED) is 0.528. The predicted octanol–water partition coefficient (Wildman–Crippen LogP) is 3.36. The number of unbranched alkanes of at least 4 members (excludes halogenated alkanes) is 2. The topological polar surface area (TPSA) is 21.3 Å². The highest BCUT2D eigenvalue weighted by molar-refractivity contribution is 9.09. The van der Waals surface area contributed by atoms with Crippen LogP contribution in [0.2, 0.25) is 0 Å². The largest absolute Gasteiger partial charge is 0.375 e. The van der Waals surface area contributed by atoms with Crippen LogP contribution in [0, 0.1) is 0 Å². The number of rotatable bonds is 10. The van der Waals surface area contributed by atoms with Crippen LogP contribution in [0.15, 0.2) is 30.3 Å². The van der Waals surface area contributed by atoms with Crippen molar-refractivity contribution >= 4 is 15.9 Å². The summed E-state index contributed by atoms with van der Waals surface area (Å²) >= 11 is 3.43. The predicted molar refractivity (Wildman–Crippen MR) is 76.6 cm³/mol. The van der Waals surface area contributed by atoms with Gasteiger partial charge in [0.15, 0.2) is 0 Å². The molecule has 2 nitrogen and oxygen atoms in total. The number of halogens is 1. The smallest absolute Gasteiger partial charge is 0.0717 e. The molecule has 0 bridgehead atoms. The molecule has 0 atom stereocenters. The molecule has 0 heterocycles. The highest BCUT2D eigenvalue weighted by Gasteiger charge is 1.92. The summed E-state index contributed by atoms with van der Waals surface area (Å²) in [5, 5.41) is 4.51. The molecule has 96 valence electrons. The second kappa shape index (κ2) is 10.8. The van der Waals surface area contributed by atoms with E-state index in [9.17, 15) is 0 Å². The highest BCUT2D eigenvalue weighted by atomic mass is 79.9. The lowest BCUT2D eigenvalue weighted by Crippen LogP contribution is -2.20. The van der Waals surface area contributed by atoms with Gasteiger partial charge in [-0.2, -0.15) is 0 Å². The van der Waals surface area contributed by atoms with Crippen molar-refractivity contribution in [1.82, 2.24) is 5.32 Å². The van der Waals surface area contributed by atoms with Crippen LogP contribution in [-0.4, -0.2) is 25.0 Å². The minimum Gasteiger partial charge on any atom is -0.375 e. The first-order valence-corrected chi connectivity index (χ1v) is 7.44. The Labute approximate surface area is 113 Å². The summed E-state index contributed by atoms with van der Waals surface area (Å²) < 4.78 is 5.58. The van der Waals surface area contributed by atoms with Gasteiger partial charge in [-0.3, -0.25) is 0 Å². The van der Waals surface area contributed by atoms with Crippen molar-refractivity contribution < 1.29 is 4.74 Å². The van der Waals surface area contributed by atoms with Crippen LogP contribution in [0.25, 0.3) is 0 Å². The average molecular weight is 300 g/mol. The molecule has 1 aromatic rings. The molecule has 0 aliphatic carbocycles. The van der Waals surface area contributed by atoms with Crippen LogP contribution in [-0.2, 0) is 11.3 Å². The molecule has 1 rings (SSSR count). The molecule has 3 heteroatoms. The van der Waals surface area contributed by atoms with Gasteiger partial charge in [0.2, 0.25) is 0 Å². The molecule has 1 aromatic carbocycles. The first-order chi connectivity index (χ1) is 8.43. The summed E-state index contributed by atoms with van der Waals surface area (Å²) in [4.78, 5) is 0. The Hall–Kier alpha value is -0.380. The monoisotopic (exact) mass is 299 g/mol. The maximum Gasteiger partial charge on any atom is 0.0717 e. The summed E-state index contributed by atoms with van der Waals surface area (Å²) in [6.45, 7) is 3.54. The highest BCUT2D eigenvalue weighted by Crippen LogP contribution is 2.00. The molecule has 0 saturated carbocycles. The summed E-state index contributed by atoms with van der Waals surface area (Å²) in [6, 6.07) is 10.3. The molecule has 0 saturated heterocycles. The van der Waals surface area contributed by atoms with Crippen LogP contribution in [0.5, 0.6) is 0 Å². The van der Waals surface area contributed by atoms with Gasteiger partial charge in [-0.05, 0) is 24.9 Å². The lowest BCUT2D eigenvalue weighted by atomic mass is 10.2. The molecular formula is C14H22BrNO. The summed E-state index contributed by atoms with van der Waals surface area (Å²) in [7, 11) is 0. The summed E-state index contributed by atoms with van der Waals surface area (Å²) in [5.74, 6) is 0. The Kier molecular flexibility index (Phi) is 9.29. The average Bonchev–Trinajstić information content (AvgIpc) is 2.38. The van der Waals surface area contributed by atoms with Gasteiger partial charge in [-0.15, -0.1) is 0 Å². The van der Waals surface area contributed by atoms with Crippen LogP contribution in [0.3, 0.4) is 0 Å². The number of benzene rings is 1. The summed E-state index contributed by atoms with van der Waals surface area (Å²) in [6.07, 6.45) is 3.82. The minimum atomic E-state index is 0.714. The van der Waals surface area contributed by atoms with E-state index in [1.165, 1.54) is 24.8 Å². The van der Waals surface area contributed by atoms with Crippen molar-refractivity contribution in [2.24, 2.45) is 0 Å². The fourth-order valence-corrected chi connectivity index (χ4v) is 1.95. The van der Waals surface area contributed by atoms with Crippen molar-refractivity contribution in [3.05, 3.63) is 35.9 Å². The molecule has 17 heavy (non-hydrogen) atoms. The standard InChI is InChI=1S/C14H22BrNO/c15-9-5-2-6-10-16-11-12-17-13-14-7-3-1-4-8-14/h1,3-4,7-8,16H,2,5-6,9-13H2. The molecule has 0 radical (unpaired) electrons. The first-order valence-electron chi connectivity index (χ1n) is 6.32. The van der Waals surface area contributed by atoms with E-state index in [1.54, 1.807) is 0 Å². The first kappa shape index (κ1) is 14.7. The third kappa shape index (κ3) is 8.36. The fourth-order valence-electron chi connectivity index (χ4n) is 1.55. The fraction of sp³-hybridized carbons (Fsp3) is 0.571. The molecule has 0 aliphatic rings. The number of hydrogen-bond donors (Lipinski definition) is 1. The van der Waals surface area contributed by atoms with Gasteiger partial charge in [-0.1, -0.05) is 52.7 Å². The van der Waals surface area contributed by atoms with Crippen LogP contribution in [0.4, 0.5) is 0 Å². The SMILES string of the molecule is BrCCCCCNCCOCc1ccccc1. The van der Waals surface area contributed by atoms with E-state index in [0.29, 0.717) is 6.61 Å². The van der Waals surface area contributed by atoms with E-state index in [2.05, 4.69) is 33.4 Å². The van der Waals surface area contributed by atoms with E-state index in [-0.39, 0.29) is 0 Å². The van der Waals surface area contributed by atoms with E-state index in [0.717, 1.165) is 25.0 Å². The lowest BCUT2D eigenvalue weighted by Gasteiger charge is -2.06. The zero-order chi connectivity index (χ0) is 12.2. The third-order valence-corrected chi connectivity index (χ3v) is 3.08. The van der Waals surface area contributed by atoms with E-state index >= 15 is 0 Å². The van der Waals surface area contributed by atoms with Crippen molar-refractivity contribution in [2.75, 3.05) is 25.0 Å². The van der Waals surface area contributed by atoms with Crippen LogP contribution in [0.1, 0.15) is 24.8 Å². The maximum atomic E-state index is 5.58. The van der Waals surface area contributed by atoms with Crippen LogP contribution < -0.4 is 5.32 Å². The van der Waals surface area contributed by atoms with E-state index < -0.39 is 0 Å². The van der Waals surface area contributed by atoms with Gasteiger partial charge >= 0.3 is 0 Å². The molecule has 0 fully saturated rings. The minimum absolute atomic E-state index is 0.714. The van der Waals surface area contributed by atoms with Gasteiger partial charge in [-0.25, -0.2) is 0 Å². The second-order valence-electron chi connectivity index (χ2n) is 4.04. The molecule has 0 amide bonds. The van der Waals surface area contributed by atoms with Gasteiger partial charge < -0.3 is 10.1 Å². The Morgan fingerprint density at radius 3 is 2.59 bits per heavy atom. The van der Waals surface area contributed by atoms with Gasteiger partial charge in [0, 0.05) is 11.9 Å². The normalized spacial score (nSPS) is 10.6. The Bertz CT molecular complexity index is 266. The maximum absolute atomic E-state index is 5.58. The second-order valence-corrected chi connectivity index (χ2v) is 4.83. The van der Waals surface area contributed by atoms with Crippen LogP contribution >= 0.6 is 15.9 Å². The van der Waals surface area contributed by atoms with Gasteiger partial charge in [0.05, 0.1) is 13.2 Å². The van der Waals surface area contributed by atoms with E-state index in [4.69, 9.17) is 4.74 Å². The molecule has 0 spiro atoms. The van der Waals surface area contributed by atoms with Crippen molar-refractivity contribution in [1.29, 1.82) is 0 Å². The van der Waals surface area contributed by atoms with E-state index in [1.807, 2.05) is 18.2 Å². The molecule has 0 aliphatic heterocycles. The Balaban J connectivity index is 1.85. The number of nitrogens with one attached hydrogen (secondary N) is 1. The number of hydrogen-bond acceptors (Lipinski definition) is 2. The molecule has 1 N–H and O–H groups in total. The Morgan fingerprint density at radius 2 is 1.82 bits per heavy atom. The third-order valence-electron chi connectivity index (χ3n) is 2.52. The molecule has 0 aromatic heterocycles. The number of alkyl halides is 1. The van der Waals surface area contributed by atoms with Crippen molar-refractivity contribution in [3.8, 4) is 0 Å². The zero-order valence-electron chi connectivity index (χ0n) is 10.3. The van der Waals surface area contributed by atoms with Crippen molar-refractivity contribution in [3.63, 3.8) is 0 Å². The van der Waals surface area contributed by atoms with Crippen molar-refractivity contribution in [2.45, 2.75) is 25.9 Å². The lowest BCUT2D eigenvalue weighted by molar-refractivity contribution is 0.123. The molecular weight excluding hydrogens is 278 g/mol. The Morgan fingerprint density at radius 1 is 1.00 bits per heavy atom. The summed E-state index contributed by atoms with van der Waals surface area (Å²) in [5.41, 5.74) is 1.24. The number of ether oxygens (including phenoxy) is 1. The van der Waals surface area contributed by atoms with Gasteiger partial charge in [0.1, 0.15) is 0 Å². The van der Waals surface area contributed by atoms with Gasteiger partial charge in [0.25, 0.3) is 0 Å². The molecule has 0 unspecified atom stereocenters.